The van der Waals surface area contributed by atoms with Gasteiger partial charge < -0.3 is 14.6 Å². The van der Waals surface area contributed by atoms with Crippen molar-refractivity contribution in [1.29, 1.82) is 0 Å². The van der Waals surface area contributed by atoms with Crippen LogP contribution in [0.1, 0.15) is 59.1 Å². The molecule has 0 aromatic heterocycles. The first kappa shape index (κ1) is 21.5. The molecule has 0 radical (unpaired) electrons. The molecule has 6 nitrogen and oxygen atoms in total. The number of Topliss-reactive ketones (excluding diaryl/α,β-unsaturated/α-hetero) is 1. The topological polar surface area (TPSA) is 89.9 Å². The molecule has 0 fully saturated rings. The Morgan fingerprint density at radius 2 is 1.82 bits per heavy atom. The predicted octanol–water partition coefficient (Wildman–Crippen LogP) is 3.14. The molecule has 1 aromatic carbocycles. The van der Waals surface area contributed by atoms with Crippen molar-refractivity contribution in [3.05, 3.63) is 29.3 Å². The molecule has 0 aliphatic carbocycles. The summed E-state index contributed by atoms with van der Waals surface area (Å²) in [5.74, 6) is 2.68. The van der Waals surface area contributed by atoms with Gasteiger partial charge in [-0.25, -0.2) is 9.59 Å². The minimum atomic E-state index is -1.75. The first-order valence-corrected chi connectivity index (χ1v) is 9.05. The van der Waals surface area contributed by atoms with E-state index in [1.165, 1.54) is 0 Å². The molecule has 28 heavy (non-hydrogen) atoms. The van der Waals surface area contributed by atoms with E-state index < -0.39 is 23.1 Å². The first-order chi connectivity index (χ1) is 12.7. The van der Waals surface area contributed by atoms with Crippen LogP contribution in [0.2, 0.25) is 0 Å². The molecule has 1 aliphatic heterocycles. The summed E-state index contributed by atoms with van der Waals surface area (Å²) in [5, 5.41) is 8.71. The number of hydrogen-bond donors (Lipinski definition) is 1. The van der Waals surface area contributed by atoms with Gasteiger partial charge in [0.25, 0.3) is 5.60 Å². The maximum atomic E-state index is 13.1. The van der Waals surface area contributed by atoms with Gasteiger partial charge in [-0.1, -0.05) is 26.7 Å². The van der Waals surface area contributed by atoms with Gasteiger partial charge in [0.2, 0.25) is 0 Å². The van der Waals surface area contributed by atoms with Gasteiger partial charge in [0, 0.05) is 29.9 Å². The number of esters is 1. The molecule has 1 heterocycles. The SMILES string of the molecule is CC(C)(C)CC(=O)C1(C(=O)OC(C)(C)C)Cc2cc(C#CC(=O)O)ccc2O1. The number of aliphatic carboxylic acids is 1. The van der Waals surface area contributed by atoms with Gasteiger partial charge in [-0.05, 0) is 44.4 Å². The van der Waals surface area contributed by atoms with Gasteiger partial charge in [0.05, 0.1) is 0 Å². The minimum absolute atomic E-state index is 0.0226. The van der Waals surface area contributed by atoms with Crippen molar-refractivity contribution in [1.82, 2.24) is 0 Å². The maximum Gasteiger partial charge on any atom is 0.382 e. The third-order valence-electron chi connectivity index (χ3n) is 3.97. The van der Waals surface area contributed by atoms with Gasteiger partial charge in [-0.3, -0.25) is 4.79 Å². The second kappa shape index (κ2) is 7.31. The van der Waals surface area contributed by atoms with Gasteiger partial charge >= 0.3 is 11.9 Å². The quantitative estimate of drug-likeness (QED) is 0.488. The number of fused-ring (bicyclic) bond motifs is 1. The lowest BCUT2D eigenvalue weighted by Gasteiger charge is -2.31. The Hall–Kier alpha value is -2.81. The number of carboxylic acid groups (broad SMARTS) is 1. The summed E-state index contributed by atoms with van der Waals surface area (Å²) in [6, 6.07) is 4.83. The molecule has 0 bridgehead atoms. The smallest absolute Gasteiger partial charge is 0.382 e. The summed E-state index contributed by atoms with van der Waals surface area (Å²) < 4.78 is 11.4. The van der Waals surface area contributed by atoms with E-state index in [4.69, 9.17) is 14.6 Å². The highest BCUT2D eigenvalue weighted by Gasteiger charge is 2.55. The molecular weight excluding hydrogens is 360 g/mol. The van der Waals surface area contributed by atoms with E-state index in [1.54, 1.807) is 39.0 Å². The van der Waals surface area contributed by atoms with Crippen molar-refractivity contribution in [3.63, 3.8) is 0 Å². The Bertz CT molecular complexity index is 843. The first-order valence-electron chi connectivity index (χ1n) is 9.05. The van der Waals surface area contributed by atoms with Crippen molar-refractivity contribution in [3.8, 4) is 17.6 Å². The Morgan fingerprint density at radius 3 is 2.36 bits per heavy atom. The van der Waals surface area contributed by atoms with E-state index in [0.717, 1.165) is 0 Å². The Kier molecular flexibility index (Phi) is 5.61. The summed E-state index contributed by atoms with van der Waals surface area (Å²) in [6.07, 6.45) is 0.167. The highest BCUT2D eigenvalue weighted by Crippen LogP contribution is 2.40. The number of benzene rings is 1. The lowest BCUT2D eigenvalue weighted by Crippen LogP contribution is -2.54. The summed E-state index contributed by atoms with van der Waals surface area (Å²) in [5.41, 5.74) is -1.77. The fraction of sp³-hybridized carbons (Fsp3) is 0.500. The molecule has 1 unspecified atom stereocenters. The largest absolute Gasteiger partial charge is 0.472 e. The summed E-state index contributed by atoms with van der Waals surface area (Å²) in [4.78, 5) is 36.8. The molecule has 150 valence electrons. The molecule has 6 heteroatoms. The van der Waals surface area contributed by atoms with Crippen LogP contribution < -0.4 is 4.74 Å². The third-order valence-corrected chi connectivity index (χ3v) is 3.97. The van der Waals surface area contributed by atoms with E-state index in [-0.39, 0.29) is 24.0 Å². The number of hydrogen-bond acceptors (Lipinski definition) is 5. The Labute approximate surface area is 165 Å². The van der Waals surface area contributed by atoms with E-state index in [2.05, 4.69) is 5.92 Å². The molecule has 1 aromatic rings. The lowest BCUT2D eigenvalue weighted by molar-refractivity contribution is -0.176. The molecule has 0 saturated carbocycles. The monoisotopic (exact) mass is 386 g/mol. The van der Waals surface area contributed by atoms with Crippen molar-refractivity contribution < 1.29 is 29.0 Å². The van der Waals surface area contributed by atoms with Crippen LogP contribution in [-0.2, 0) is 25.5 Å². The predicted molar refractivity (Wildman–Crippen MR) is 103 cm³/mol. The highest BCUT2D eigenvalue weighted by molar-refractivity contribution is 6.09. The number of ether oxygens (including phenoxy) is 2. The number of carbonyl (C=O) groups is 3. The van der Waals surface area contributed by atoms with Crippen molar-refractivity contribution in [2.24, 2.45) is 5.41 Å². The zero-order valence-electron chi connectivity index (χ0n) is 17.1. The zero-order chi connectivity index (χ0) is 21.3. The average Bonchev–Trinajstić information content (AvgIpc) is 2.89. The zero-order valence-corrected chi connectivity index (χ0v) is 17.1. The molecule has 2 rings (SSSR count). The van der Waals surface area contributed by atoms with Crippen LogP contribution in [-0.4, -0.2) is 34.0 Å². The van der Waals surface area contributed by atoms with Crippen molar-refractivity contribution >= 4 is 17.7 Å². The van der Waals surface area contributed by atoms with Gasteiger partial charge in [-0.15, -0.1) is 0 Å². The number of ketones is 1. The normalized spacial score (nSPS) is 18.4. The van der Waals surface area contributed by atoms with Crippen LogP contribution in [0, 0.1) is 17.3 Å². The summed E-state index contributed by atoms with van der Waals surface area (Å²) >= 11 is 0. The molecule has 1 N–H and O–H groups in total. The number of rotatable bonds is 3. The van der Waals surface area contributed by atoms with Crippen LogP contribution in [0.5, 0.6) is 5.75 Å². The number of carboxylic acids is 1. The standard InChI is InChI=1S/C22H26O6/c1-20(2,3)13-17(23)22(19(26)28-21(4,5)6)12-15-11-14(8-10-18(24)25)7-9-16(15)27-22/h7,9,11H,12-13H2,1-6H3,(H,24,25). The van der Waals surface area contributed by atoms with Crippen LogP contribution >= 0.6 is 0 Å². The summed E-state index contributed by atoms with van der Waals surface area (Å²) in [7, 11) is 0. The van der Waals surface area contributed by atoms with Crippen molar-refractivity contribution in [2.45, 2.75) is 65.6 Å². The molecule has 0 saturated heterocycles. The molecule has 1 atom stereocenters. The van der Waals surface area contributed by atoms with E-state index in [0.29, 0.717) is 16.9 Å². The number of carbonyl (C=O) groups excluding carboxylic acids is 2. The van der Waals surface area contributed by atoms with Crippen molar-refractivity contribution in [2.75, 3.05) is 0 Å². The fourth-order valence-corrected chi connectivity index (χ4v) is 2.88. The van der Waals surface area contributed by atoms with E-state index in [1.807, 2.05) is 26.7 Å². The van der Waals surface area contributed by atoms with Crippen LogP contribution in [0.25, 0.3) is 0 Å². The van der Waals surface area contributed by atoms with Gasteiger partial charge in [-0.2, -0.15) is 0 Å². The summed E-state index contributed by atoms with van der Waals surface area (Å²) in [6.45, 7) is 10.9. The highest BCUT2D eigenvalue weighted by atomic mass is 16.6. The Balaban J connectivity index is 2.43. The average molecular weight is 386 g/mol. The minimum Gasteiger partial charge on any atom is -0.472 e. The molecule has 1 aliphatic rings. The third kappa shape index (κ3) is 5.13. The molecule has 0 amide bonds. The Morgan fingerprint density at radius 1 is 1.18 bits per heavy atom. The van der Waals surface area contributed by atoms with E-state index >= 15 is 0 Å². The van der Waals surface area contributed by atoms with Crippen LogP contribution in [0.15, 0.2) is 18.2 Å². The molecule has 0 spiro atoms. The second-order valence-corrected chi connectivity index (χ2v) is 9.15. The lowest BCUT2D eigenvalue weighted by atomic mass is 9.81. The maximum absolute atomic E-state index is 13.1. The van der Waals surface area contributed by atoms with Crippen LogP contribution in [0.3, 0.4) is 0 Å². The van der Waals surface area contributed by atoms with Crippen LogP contribution in [0.4, 0.5) is 0 Å². The van der Waals surface area contributed by atoms with Gasteiger partial charge in [0.15, 0.2) is 5.78 Å². The van der Waals surface area contributed by atoms with Gasteiger partial charge in [0.1, 0.15) is 11.4 Å². The second-order valence-electron chi connectivity index (χ2n) is 9.15. The fourth-order valence-electron chi connectivity index (χ4n) is 2.88. The molecular formula is C22H26O6. The van der Waals surface area contributed by atoms with E-state index in [9.17, 15) is 14.4 Å².